The molecule has 1 aromatic carbocycles. The van der Waals surface area contributed by atoms with Crippen molar-refractivity contribution in [1.82, 2.24) is 0 Å². The molecule has 0 amide bonds. The zero-order chi connectivity index (χ0) is 12.8. The third-order valence-electron chi connectivity index (χ3n) is 2.28. The number of aliphatic hydroxyl groups is 2. The minimum Gasteiger partial charge on any atom is -0.497 e. The average Bonchev–Trinajstić information content (AvgIpc) is 2.35. The molecule has 0 aliphatic heterocycles. The van der Waals surface area contributed by atoms with Gasteiger partial charge in [0.15, 0.2) is 5.12 Å². The Labute approximate surface area is 105 Å². The minimum absolute atomic E-state index is 0.0778. The Kier molecular flexibility index (Phi) is 5.47. The number of carbonyl (C=O) groups is 1. The smallest absolute Gasteiger partial charge is 0.185 e. The fraction of sp³-hybridized carbons (Fsp3) is 0.417. The average molecular weight is 256 g/mol. The van der Waals surface area contributed by atoms with E-state index in [-0.39, 0.29) is 10.9 Å². The van der Waals surface area contributed by atoms with Gasteiger partial charge in [-0.05, 0) is 17.7 Å². The van der Waals surface area contributed by atoms with Gasteiger partial charge in [0.25, 0.3) is 0 Å². The number of aliphatic hydroxyl groups excluding tert-OH is 2. The Morgan fingerprint density at radius 2 is 1.94 bits per heavy atom. The zero-order valence-corrected chi connectivity index (χ0v) is 10.6. The van der Waals surface area contributed by atoms with Gasteiger partial charge in [-0.3, -0.25) is 4.79 Å². The molecule has 2 N–H and O–H groups in total. The first-order valence-electron chi connectivity index (χ1n) is 5.18. The van der Waals surface area contributed by atoms with Crippen molar-refractivity contribution in [3.05, 3.63) is 29.8 Å². The van der Waals surface area contributed by atoms with Crippen molar-refractivity contribution < 1.29 is 19.7 Å². The van der Waals surface area contributed by atoms with Crippen molar-refractivity contribution in [3.63, 3.8) is 0 Å². The second-order valence-electron chi connectivity index (χ2n) is 3.59. The Morgan fingerprint density at radius 3 is 2.41 bits per heavy atom. The van der Waals surface area contributed by atoms with E-state index in [0.717, 1.165) is 11.8 Å². The predicted octanol–water partition coefficient (Wildman–Crippen LogP) is 1.37. The van der Waals surface area contributed by atoms with Crippen LogP contribution in [0.15, 0.2) is 24.3 Å². The number of benzene rings is 1. The molecule has 0 aliphatic rings. The molecular weight excluding hydrogens is 240 g/mol. The van der Waals surface area contributed by atoms with E-state index in [1.54, 1.807) is 31.4 Å². The highest BCUT2D eigenvalue weighted by Crippen LogP contribution is 2.22. The Morgan fingerprint density at radius 1 is 1.35 bits per heavy atom. The van der Waals surface area contributed by atoms with Gasteiger partial charge < -0.3 is 14.9 Å². The van der Waals surface area contributed by atoms with E-state index in [1.807, 2.05) is 0 Å². The highest BCUT2D eigenvalue weighted by molar-refractivity contribution is 8.13. The quantitative estimate of drug-likeness (QED) is 0.833. The van der Waals surface area contributed by atoms with Crippen LogP contribution in [0.25, 0.3) is 0 Å². The molecule has 0 saturated carbocycles. The van der Waals surface area contributed by atoms with Gasteiger partial charge >= 0.3 is 0 Å². The van der Waals surface area contributed by atoms with Crippen molar-refractivity contribution >= 4 is 16.9 Å². The van der Waals surface area contributed by atoms with Crippen LogP contribution in [0.1, 0.15) is 18.6 Å². The van der Waals surface area contributed by atoms with Crippen LogP contribution in [-0.2, 0) is 4.79 Å². The summed E-state index contributed by atoms with van der Waals surface area (Å²) in [7, 11) is 1.56. The number of ether oxygens (including phenoxy) is 1. The summed E-state index contributed by atoms with van der Waals surface area (Å²) in [4.78, 5) is 10.7. The third kappa shape index (κ3) is 4.38. The molecule has 5 heteroatoms. The van der Waals surface area contributed by atoms with Crippen molar-refractivity contribution in [2.24, 2.45) is 0 Å². The molecule has 94 valence electrons. The van der Waals surface area contributed by atoms with E-state index in [0.29, 0.717) is 11.3 Å². The molecule has 0 spiro atoms. The second-order valence-corrected chi connectivity index (χ2v) is 4.78. The second kappa shape index (κ2) is 6.64. The van der Waals surface area contributed by atoms with Crippen molar-refractivity contribution in [1.29, 1.82) is 0 Å². The van der Waals surface area contributed by atoms with E-state index in [4.69, 9.17) is 4.74 Å². The fourth-order valence-corrected chi connectivity index (χ4v) is 1.90. The molecule has 0 heterocycles. The first-order chi connectivity index (χ1) is 8.04. The van der Waals surface area contributed by atoms with Gasteiger partial charge in [0, 0.05) is 12.7 Å². The maximum Gasteiger partial charge on any atom is 0.185 e. The van der Waals surface area contributed by atoms with Crippen LogP contribution in [0.2, 0.25) is 0 Å². The largest absolute Gasteiger partial charge is 0.497 e. The van der Waals surface area contributed by atoms with Gasteiger partial charge in [0.2, 0.25) is 0 Å². The van der Waals surface area contributed by atoms with Crippen LogP contribution in [-0.4, -0.2) is 34.3 Å². The lowest BCUT2D eigenvalue weighted by molar-refractivity contribution is -0.109. The van der Waals surface area contributed by atoms with Crippen LogP contribution < -0.4 is 4.74 Å². The molecular formula is C12H16O4S. The van der Waals surface area contributed by atoms with E-state index >= 15 is 0 Å². The maximum absolute atomic E-state index is 10.7. The van der Waals surface area contributed by atoms with Gasteiger partial charge in [-0.25, -0.2) is 0 Å². The first kappa shape index (κ1) is 14.0. The van der Waals surface area contributed by atoms with E-state index < -0.39 is 12.2 Å². The zero-order valence-electron chi connectivity index (χ0n) is 9.79. The van der Waals surface area contributed by atoms with E-state index in [2.05, 4.69) is 0 Å². The molecule has 1 rings (SSSR count). The molecule has 0 saturated heterocycles. The Balaban J connectivity index is 2.60. The molecule has 0 aromatic heterocycles. The van der Waals surface area contributed by atoms with Gasteiger partial charge in [-0.15, -0.1) is 0 Å². The predicted molar refractivity (Wildman–Crippen MR) is 67.1 cm³/mol. The summed E-state index contributed by atoms with van der Waals surface area (Å²) in [5.41, 5.74) is 0.599. The monoisotopic (exact) mass is 256 g/mol. The van der Waals surface area contributed by atoms with Gasteiger partial charge in [0.1, 0.15) is 11.9 Å². The molecule has 0 radical (unpaired) electrons. The molecule has 0 aliphatic carbocycles. The van der Waals surface area contributed by atoms with Gasteiger partial charge in [-0.1, -0.05) is 23.9 Å². The van der Waals surface area contributed by atoms with Crippen LogP contribution in [0.5, 0.6) is 5.75 Å². The van der Waals surface area contributed by atoms with Crippen molar-refractivity contribution in [3.8, 4) is 5.75 Å². The number of methoxy groups -OCH3 is 1. The molecule has 0 bridgehead atoms. The maximum atomic E-state index is 10.7. The van der Waals surface area contributed by atoms with Crippen LogP contribution in [0.4, 0.5) is 0 Å². The first-order valence-corrected chi connectivity index (χ1v) is 6.16. The molecule has 1 aromatic rings. The van der Waals surface area contributed by atoms with E-state index in [1.165, 1.54) is 6.92 Å². The van der Waals surface area contributed by atoms with Crippen LogP contribution in [0, 0.1) is 0 Å². The SMILES string of the molecule is COc1ccc(C(O)C(O)CSC(C)=O)cc1. The Hall–Kier alpha value is -1.04. The van der Waals surface area contributed by atoms with Crippen LogP contribution >= 0.6 is 11.8 Å². The molecule has 2 unspecified atom stereocenters. The van der Waals surface area contributed by atoms with Crippen molar-refractivity contribution in [2.75, 3.05) is 12.9 Å². The highest BCUT2D eigenvalue weighted by atomic mass is 32.2. The number of carbonyl (C=O) groups excluding carboxylic acids is 1. The minimum atomic E-state index is -0.993. The summed E-state index contributed by atoms with van der Waals surface area (Å²) in [6.45, 7) is 1.43. The molecule has 2 atom stereocenters. The summed E-state index contributed by atoms with van der Waals surface area (Å²) < 4.78 is 5.00. The van der Waals surface area contributed by atoms with Gasteiger partial charge in [0.05, 0.1) is 13.2 Å². The topological polar surface area (TPSA) is 66.8 Å². The lowest BCUT2D eigenvalue weighted by Gasteiger charge is -2.17. The van der Waals surface area contributed by atoms with Gasteiger partial charge in [-0.2, -0.15) is 0 Å². The number of hydrogen-bond donors (Lipinski definition) is 2. The summed E-state index contributed by atoms with van der Waals surface area (Å²) in [5.74, 6) is 0.872. The molecule has 4 nitrogen and oxygen atoms in total. The summed E-state index contributed by atoms with van der Waals surface area (Å²) in [6, 6.07) is 6.79. The lowest BCUT2D eigenvalue weighted by atomic mass is 10.1. The normalized spacial score (nSPS) is 14.1. The third-order valence-corrected chi connectivity index (χ3v) is 3.19. The summed E-state index contributed by atoms with van der Waals surface area (Å²) in [6.07, 6.45) is -1.95. The number of hydrogen-bond acceptors (Lipinski definition) is 5. The molecule has 0 fully saturated rings. The molecule has 17 heavy (non-hydrogen) atoms. The van der Waals surface area contributed by atoms with Crippen molar-refractivity contribution in [2.45, 2.75) is 19.1 Å². The fourth-order valence-electron chi connectivity index (χ4n) is 1.32. The standard InChI is InChI=1S/C12H16O4S/c1-8(13)17-7-11(14)12(15)9-3-5-10(16-2)6-4-9/h3-6,11-12,14-15H,7H2,1-2H3. The summed E-state index contributed by atoms with van der Waals surface area (Å²) in [5, 5.41) is 19.5. The van der Waals surface area contributed by atoms with E-state index in [9.17, 15) is 15.0 Å². The highest BCUT2D eigenvalue weighted by Gasteiger charge is 2.18. The summed E-state index contributed by atoms with van der Waals surface area (Å²) >= 11 is 0.996. The Bertz CT molecular complexity index is 363. The number of thioether (sulfide) groups is 1. The van der Waals surface area contributed by atoms with Crippen LogP contribution in [0.3, 0.4) is 0 Å². The lowest BCUT2D eigenvalue weighted by Crippen LogP contribution is -2.21. The number of rotatable bonds is 5.